The smallest absolute Gasteiger partial charge is 0.273 e. The van der Waals surface area contributed by atoms with Gasteiger partial charge in [0.1, 0.15) is 0 Å². The van der Waals surface area contributed by atoms with Gasteiger partial charge in [0.05, 0.1) is 11.8 Å². The summed E-state index contributed by atoms with van der Waals surface area (Å²) in [5.74, 6) is -0.0832. The molecule has 0 saturated carbocycles. The van der Waals surface area contributed by atoms with Crippen molar-refractivity contribution in [2.45, 2.75) is 26.7 Å². The first kappa shape index (κ1) is 20.5. The van der Waals surface area contributed by atoms with Crippen LogP contribution in [0.25, 0.3) is 11.0 Å². The molecule has 0 unspecified atom stereocenters. The molecule has 0 aliphatic heterocycles. The average Bonchev–Trinajstić information content (AvgIpc) is 2.87. The summed E-state index contributed by atoms with van der Waals surface area (Å²) in [6.45, 7) is 4.27. The van der Waals surface area contributed by atoms with E-state index >= 15 is 0 Å². The molecule has 3 rings (SSSR count). The van der Waals surface area contributed by atoms with Crippen LogP contribution in [0.3, 0.4) is 0 Å². The maximum absolute atomic E-state index is 12.3. The van der Waals surface area contributed by atoms with Gasteiger partial charge in [0.2, 0.25) is 5.91 Å². The Balaban J connectivity index is 0.00000261. The minimum absolute atomic E-state index is 0. The number of rotatable bonds is 5. The zero-order valence-electron chi connectivity index (χ0n) is 15.6. The number of nitrogens with one attached hydrogen (secondary N) is 2. The van der Waals surface area contributed by atoms with Gasteiger partial charge >= 0.3 is 0 Å². The molecular formula is C19H24ClN5O2. The molecule has 0 bridgehead atoms. The second kappa shape index (κ2) is 8.26. The molecule has 0 atom stereocenters. The van der Waals surface area contributed by atoms with E-state index in [2.05, 4.69) is 15.4 Å². The number of nitrogens with zero attached hydrogens (tertiary/aromatic N) is 2. The molecule has 0 aliphatic rings. The largest absolute Gasteiger partial charge is 0.399 e. The minimum atomic E-state index is -0.183. The van der Waals surface area contributed by atoms with E-state index in [1.807, 2.05) is 38.1 Å². The Morgan fingerprint density at radius 3 is 2.59 bits per heavy atom. The molecule has 3 aromatic rings. The third kappa shape index (κ3) is 4.31. The molecule has 4 N–H and O–H groups in total. The number of amides is 1. The molecule has 0 saturated heterocycles. The van der Waals surface area contributed by atoms with Gasteiger partial charge in [-0.05, 0) is 49.1 Å². The van der Waals surface area contributed by atoms with E-state index in [9.17, 15) is 9.59 Å². The van der Waals surface area contributed by atoms with E-state index in [-0.39, 0.29) is 30.3 Å². The summed E-state index contributed by atoms with van der Waals surface area (Å²) in [4.78, 5) is 28.9. The van der Waals surface area contributed by atoms with E-state index in [4.69, 9.17) is 5.73 Å². The van der Waals surface area contributed by atoms with E-state index in [0.717, 1.165) is 34.5 Å². The van der Waals surface area contributed by atoms with Crippen molar-refractivity contribution in [2.24, 2.45) is 7.05 Å². The summed E-state index contributed by atoms with van der Waals surface area (Å²) in [5, 5.41) is 6.18. The summed E-state index contributed by atoms with van der Waals surface area (Å²) in [7, 11) is 1.75. The number of aromatic amines is 1. The highest BCUT2D eigenvalue weighted by Gasteiger charge is 2.17. The lowest BCUT2D eigenvalue weighted by Gasteiger charge is -2.11. The van der Waals surface area contributed by atoms with Crippen LogP contribution in [-0.4, -0.2) is 27.2 Å². The van der Waals surface area contributed by atoms with Gasteiger partial charge in [-0.1, -0.05) is 12.1 Å². The van der Waals surface area contributed by atoms with Gasteiger partial charge in [0, 0.05) is 25.0 Å². The Morgan fingerprint density at radius 1 is 1.26 bits per heavy atom. The fraction of sp³-hybridized carbons (Fsp3) is 0.316. The van der Waals surface area contributed by atoms with Crippen LogP contribution < -0.4 is 16.6 Å². The number of benzene rings is 1. The van der Waals surface area contributed by atoms with E-state index in [1.54, 1.807) is 11.7 Å². The monoisotopic (exact) mass is 389 g/mol. The lowest BCUT2D eigenvalue weighted by Crippen LogP contribution is -2.28. The van der Waals surface area contributed by atoms with E-state index in [1.165, 1.54) is 0 Å². The molecule has 0 fully saturated rings. The second-order valence-electron chi connectivity index (χ2n) is 6.52. The number of carbonyl (C=O) groups is 1. The third-order valence-electron chi connectivity index (χ3n) is 4.63. The van der Waals surface area contributed by atoms with Gasteiger partial charge < -0.3 is 11.1 Å². The van der Waals surface area contributed by atoms with Crippen molar-refractivity contribution in [3.05, 3.63) is 57.0 Å². The van der Waals surface area contributed by atoms with Crippen molar-refractivity contribution in [3.8, 4) is 0 Å². The number of pyridine rings is 1. The predicted octanol–water partition coefficient (Wildman–Crippen LogP) is 1.78. The second-order valence-corrected chi connectivity index (χ2v) is 6.52. The number of anilines is 1. The maximum atomic E-state index is 12.3. The molecule has 7 nitrogen and oxygen atoms in total. The summed E-state index contributed by atoms with van der Waals surface area (Å²) in [6.07, 6.45) is 0.941. The molecular weight excluding hydrogens is 366 g/mol. The number of fused-ring (bicyclic) bond motifs is 1. The number of aromatic nitrogens is 3. The lowest BCUT2D eigenvalue weighted by atomic mass is 10.0. The molecule has 1 aromatic carbocycles. The van der Waals surface area contributed by atoms with Gasteiger partial charge in [0.25, 0.3) is 5.56 Å². The highest BCUT2D eigenvalue weighted by Crippen LogP contribution is 2.20. The third-order valence-corrected chi connectivity index (χ3v) is 4.63. The van der Waals surface area contributed by atoms with E-state index in [0.29, 0.717) is 17.6 Å². The summed E-state index contributed by atoms with van der Waals surface area (Å²) < 4.78 is 1.61. The number of H-pyrrole nitrogens is 1. The molecule has 0 aliphatic carbocycles. The van der Waals surface area contributed by atoms with Crippen molar-refractivity contribution in [3.63, 3.8) is 0 Å². The Hall–Kier alpha value is -2.80. The summed E-state index contributed by atoms with van der Waals surface area (Å²) in [6, 6.07) is 7.61. The van der Waals surface area contributed by atoms with Crippen molar-refractivity contribution in [2.75, 3.05) is 12.3 Å². The fourth-order valence-corrected chi connectivity index (χ4v) is 3.16. The zero-order valence-corrected chi connectivity index (χ0v) is 16.4. The van der Waals surface area contributed by atoms with Gasteiger partial charge in [-0.25, -0.2) is 4.98 Å². The number of hydrogen-bond donors (Lipinski definition) is 3. The van der Waals surface area contributed by atoms with Crippen LogP contribution in [0.2, 0.25) is 0 Å². The number of carbonyl (C=O) groups excluding carboxylic acids is 1. The maximum Gasteiger partial charge on any atom is 0.273 e. The van der Waals surface area contributed by atoms with Crippen LogP contribution in [0.4, 0.5) is 5.69 Å². The first-order chi connectivity index (χ1) is 12.4. The molecule has 0 radical (unpaired) electrons. The van der Waals surface area contributed by atoms with Crippen molar-refractivity contribution in [1.82, 2.24) is 20.1 Å². The van der Waals surface area contributed by atoms with Crippen LogP contribution in [0.5, 0.6) is 0 Å². The van der Waals surface area contributed by atoms with Crippen LogP contribution in [0.15, 0.2) is 29.1 Å². The van der Waals surface area contributed by atoms with Crippen molar-refractivity contribution >= 4 is 35.0 Å². The molecule has 27 heavy (non-hydrogen) atoms. The van der Waals surface area contributed by atoms with Gasteiger partial charge in [-0.2, -0.15) is 0 Å². The number of nitrogens with two attached hydrogens (primary N) is 1. The number of nitrogen functional groups attached to an aromatic ring is 1. The first-order valence-corrected chi connectivity index (χ1v) is 8.52. The lowest BCUT2D eigenvalue weighted by molar-refractivity contribution is -0.120. The minimum Gasteiger partial charge on any atom is -0.399 e. The molecule has 1 amide bonds. The Morgan fingerprint density at radius 2 is 1.93 bits per heavy atom. The van der Waals surface area contributed by atoms with Crippen LogP contribution >= 0.6 is 12.4 Å². The van der Waals surface area contributed by atoms with Gasteiger partial charge in [-0.3, -0.25) is 19.4 Å². The topological polar surface area (TPSA) is 106 Å². The highest BCUT2D eigenvalue weighted by atomic mass is 35.5. The number of halogens is 1. The average molecular weight is 390 g/mol. The predicted molar refractivity (Wildman–Crippen MR) is 109 cm³/mol. The van der Waals surface area contributed by atoms with E-state index < -0.39 is 0 Å². The standard InChI is InChI=1S/C19H23N5O2.ClH/c1-11-15(12(2)22-18-17(11)19(26)23-24(18)3)10-16(25)21-9-8-13-4-6-14(20)7-5-13;/h4-7H,8-10,20H2,1-3H3,(H,21,25)(H,23,26);1H. The molecule has 144 valence electrons. The number of hydrogen-bond acceptors (Lipinski definition) is 4. The zero-order chi connectivity index (χ0) is 18.8. The van der Waals surface area contributed by atoms with Gasteiger partial charge in [-0.15, -0.1) is 12.4 Å². The Bertz CT molecular complexity index is 1020. The van der Waals surface area contributed by atoms with Crippen molar-refractivity contribution < 1.29 is 4.79 Å². The summed E-state index contributed by atoms with van der Waals surface area (Å²) >= 11 is 0. The highest BCUT2D eigenvalue weighted by molar-refractivity contribution is 5.85. The SMILES string of the molecule is Cc1nc2c(c(C)c1CC(=O)NCCc1ccc(N)cc1)c(=O)[nH]n2C.Cl. The Kier molecular flexibility index (Phi) is 6.28. The van der Waals surface area contributed by atoms with Crippen LogP contribution in [-0.2, 0) is 24.7 Å². The molecule has 2 aromatic heterocycles. The normalized spacial score (nSPS) is 10.6. The van der Waals surface area contributed by atoms with Gasteiger partial charge in [0.15, 0.2) is 5.65 Å². The van der Waals surface area contributed by atoms with Crippen LogP contribution in [0.1, 0.15) is 22.4 Å². The first-order valence-electron chi connectivity index (χ1n) is 8.52. The van der Waals surface area contributed by atoms with Crippen molar-refractivity contribution in [1.29, 1.82) is 0 Å². The Labute approximate surface area is 163 Å². The number of aryl methyl sites for hydroxylation is 3. The molecule has 0 spiro atoms. The van der Waals surface area contributed by atoms with Crippen LogP contribution in [0, 0.1) is 13.8 Å². The fourth-order valence-electron chi connectivity index (χ4n) is 3.16. The molecule has 8 heteroatoms. The summed E-state index contributed by atoms with van der Waals surface area (Å²) in [5.41, 5.74) is 10.3. The molecule has 2 heterocycles. The quantitative estimate of drug-likeness (QED) is 0.578.